The second-order valence-corrected chi connectivity index (χ2v) is 8.14. The highest BCUT2D eigenvalue weighted by atomic mass is 32.2. The van der Waals surface area contributed by atoms with Crippen LogP contribution in [0.3, 0.4) is 0 Å². The first kappa shape index (κ1) is 21.7. The molecule has 0 unspecified atom stereocenters. The quantitative estimate of drug-likeness (QED) is 0.306. The number of aromatic nitrogens is 4. The topological polar surface area (TPSA) is 99.0 Å². The average molecular weight is 444 g/mol. The highest BCUT2D eigenvalue weighted by Gasteiger charge is 2.19. The minimum atomic E-state index is -0.473. The molecule has 1 N–H and O–H groups in total. The normalized spacial score (nSPS) is 10.6. The van der Waals surface area contributed by atoms with Crippen LogP contribution in [0.5, 0.6) is 0 Å². The summed E-state index contributed by atoms with van der Waals surface area (Å²) in [5.74, 6) is -0.00339. The Labute approximate surface area is 182 Å². The van der Waals surface area contributed by atoms with Gasteiger partial charge in [-0.3, -0.25) is 14.3 Å². The fraction of sp³-hybridized carbons (Fsp3) is 0.250. The van der Waals surface area contributed by atoms with Crippen molar-refractivity contribution in [2.24, 2.45) is 0 Å². The fourth-order valence-electron chi connectivity index (χ4n) is 2.64. The molecule has 0 fully saturated rings. The molecule has 0 atom stereocenters. The van der Waals surface area contributed by atoms with Crippen molar-refractivity contribution < 1.29 is 14.3 Å². The summed E-state index contributed by atoms with van der Waals surface area (Å²) in [5.41, 5.74) is 1.06. The lowest BCUT2D eigenvalue weighted by Crippen LogP contribution is -2.16. The second kappa shape index (κ2) is 10.2. The monoisotopic (exact) mass is 443 g/mol. The van der Waals surface area contributed by atoms with Gasteiger partial charge in [0, 0.05) is 17.6 Å². The van der Waals surface area contributed by atoms with Crippen molar-refractivity contribution in [2.75, 3.05) is 18.2 Å². The first-order chi connectivity index (χ1) is 14.6. The molecule has 3 aromatic heterocycles. The van der Waals surface area contributed by atoms with Crippen molar-refractivity contribution in [3.63, 3.8) is 0 Å². The van der Waals surface area contributed by atoms with E-state index < -0.39 is 5.97 Å². The molecule has 0 radical (unpaired) electrons. The first-order valence-corrected chi connectivity index (χ1v) is 11.0. The van der Waals surface area contributed by atoms with Crippen LogP contribution in [0.4, 0.5) is 5.00 Å². The number of pyridine rings is 1. The van der Waals surface area contributed by atoms with Crippen LogP contribution < -0.4 is 5.32 Å². The number of esters is 1. The molecule has 1 amide bonds. The number of hydrogen-bond donors (Lipinski definition) is 1. The Hall–Kier alpha value is -2.98. The number of amides is 1. The Morgan fingerprint density at radius 1 is 1.37 bits per heavy atom. The summed E-state index contributed by atoms with van der Waals surface area (Å²) in [5, 5.41) is 12.3. The van der Waals surface area contributed by atoms with Gasteiger partial charge in [-0.2, -0.15) is 0 Å². The Morgan fingerprint density at radius 3 is 2.87 bits per heavy atom. The molecule has 0 spiro atoms. The molecule has 0 bridgehead atoms. The zero-order chi connectivity index (χ0) is 21.5. The number of carbonyl (C=O) groups excluding carboxylic acids is 2. The van der Waals surface area contributed by atoms with E-state index in [1.54, 1.807) is 18.3 Å². The van der Waals surface area contributed by atoms with Gasteiger partial charge in [0.1, 0.15) is 10.7 Å². The Bertz CT molecular complexity index is 1050. The van der Waals surface area contributed by atoms with E-state index in [4.69, 9.17) is 4.74 Å². The van der Waals surface area contributed by atoms with Crippen molar-refractivity contribution in [3.8, 4) is 11.5 Å². The van der Waals surface area contributed by atoms with Crippen LogP contribution in [0.25, 0.3) is 11.5 Å². The molecular formula is C20H21N5O3S2. The number of anilines is 1. The van der Waals surface area contributed by atoms with Crippen LogP contribution in [0.1, 0.15) is 22.2 Å². The number of allylic oxidation sites excluding steroid dienone is 1. The van der Waals surface area contributed by atoms with Gasteiger partial charge in [0.05, 0.1) is 18.4 Å². The smallest absolute Gasteiger partial charge is 0.340 e. The Kier molecular flexibility index (Phi) is 7.36. The number of thioether (sulfide) groups is 1. The van der Waals surface area contributed by atoms with Gasteiger partial charge < -0.3 is 10.1 Å². The molecule has 3 rings (SSSR count). The maximum Gasteiger partial charge on any atom is 0.340 e. The summed E-state index contributed by atoms with van der Waals surface area (Å²) in [6.45, 7) is 6.25. The zero-order valence-corrected chi connectivity index (χ0v) is 18.3. The number of rotatable bonds is 9. The van der Waals surface area contributed by atoms with Crippen molar-refractivity contribution in [2.45, 2.75) is 25.0 Å². The average Bonchev–Trinajstić information content (AvgIpc) is 3.36. The van der Waals surface area contributed by atoms with E-state index in [0.29, 0.717) is 33.8 Å². The lowest BCUT2D eigenvalue weighted by atomic mass is 10.2. The largest absolute Gasteiger partial charge is 0.465 e. The second-order valence-electron chi connectivity index (χ2n) is 6.06. The van der Waals surface area contributed by atoms with Gasteiger partial charge in [-0.05, 0) is 24.6 Å². The molecule has 8 nitrogen and oxygen atoms in total. The fourth-order valence-corrected chi connectivity index (χ4v) is 4.39. The molecule has 0 aliphatic carbocycles. The highest BCUT2D eigenvalue weighted by molar-refractivity contribution is 7.99. The third kappa shape index (κ3) is 4.95. The number of hydrogen-bond acceptors (Lipinski definition) is 8. The SMILES string of the molecule is C=CCn1c(SCC(=O)Nc2sc(CC)cc2C(=O)OC)nnc1-c1ccccn1. The minimum Gasteiger partial charge on any atom is -0.465 e. The van der Waals surface area contributed by atoms with E-state index >= 15 is 0 Å². The van der Waals surface area contributed by atoms with E-state index in [9.17, 15) is 9.59 Å². The summed E-state index contributed by atoms with van der Waals surface area (Å²) in [6, 6.07) is 7.30. The number of carbonyl (C=O) groups is 2. The summed E-state index contributed by atoms with van der Waals surface area (Å²) < 4.78 is 6.66. The van der Waals surface area contributed by atoms with Gasteiger partial charge in [0.2, 0.25) is 5.91 Å². The van der Waals surface area contributed by atoms with Crippen LogP contribution >= 0.6 is 23.1 Å². The summed E-state index contributed by atoms with van der Waals surface area (Å²) in [7, 11) is 1.32. The highest BCUT2D eigenvalue weighted by Crippen LogP contribution is 2.30. The van der Waals surface area contributed by atoms with E-state index in [2.05, 4.69) is 27.1 Å². The van der Waals surface area contributed by atoms with Crippen LogP contribution in [-0.4, -0.2) is 44.5 Å². The van der Waals surface area contributed by atoms with Crippen LogP contribution in [0.15, 0.2) is 48.3 Å². The van der Waals surface area contributed by atoms with Crippen molar-refractivity contribution in [1.29, 1.82) is 0 Å². The first-order valence-electron chi connectivity index (χ1n) is 9.16. The maximum atomic E-state index is 12.5. The van der Waals surface area contributed by atoms with Crippen LogP contribution in [0, 0.1) is 0 Å². The standard InChI is InChI=1S/C20H21N5O3S2/c1-4-10-25-17(15-8-6-7-9-21-15)23-24-20(25)29-12-16(26)22-18-14(19(27)28-3)11-13(5-2)30-18/h4,6-9,11H,1,5,10,12H2,2-3H3,(H,22,26). The molecule has 0 aliphatic heterocycles. The van der Waals surface area contributed by atoms with Crippen molar-refractivity contribution in [1.82, 2.24) is 19.7 Å². The maximum absolute atomic E-state index is 12.5. The lowest BCUT2D eigenvalue weighted by molar-refractivity contribution is -0.113. The number of thiophene rings is 1. The number of methoxy groups -OCH3 is 1. The number of nitrogens with one attached hydrogen (secondary N) is 1. The molecule has 10 heteroatoms. The Balaban J connectivity index is 1.73. The number of aryl methyl sites for hydroxylation is 1. The predicted octanol–water partition coefficient (Wildman–Crippen LogP) is 3.67. The van der Waals surface area contributed by atoms with E-state index in [1.165, 1.54) is 30.2 Å². The summed E-state index contributed by atoms with van der Waals surface area (Å²) in [6.07, 6.45) is 4.19. The van der Waals surface area contributed by atoms with Gasteiger partial charge >= 0.3 is 5.97 Å². The van der Waals surface area contributed by atoms with Gasteiger partial charge in [-0.1, -0.05) is 30.8 Å². The minimum absolute atomic E-state index is 0.109. The number of ether oxygens (including phenoxy) is 1. The molecule has 0 aromatic carbocycles. The zero-order valence-electron chi connectivity index (χ0n) is 16.6. The van der Waals surface area contributed by atoms with Crippen molar-refractivity contribution in [3.05, 3.63) is 53.6 Å². The van der Waals surface area contributed by atoms with Crippen molar-refractivity contribution >= 4 is 40.0 Å². The van der Waals surface area contributed by atoms with Gasteiger partial charge in [0.15, 0.2) is 11.0 Å². The van der Waals surface area contributed by atoms with E-state index in [0.717, 1.165) is 11.3 Å². The molecular weight excluding hydrogens is 422 g/mol. The Morgan fingerprint density at radius 2 is 2.20 bits per heavy atom. The molecule has 3 aromatic rings. The predicted molar refractivity (Wildman–Crippen MR) is 118 cm³/mol. The molecule has 156 valence electrons. The van der Waals surface area contributed by atoms with Gasteiger partial charge in [-0.15, -0.1) is 28.1 Å². The van der Waals surface area contributed by atoms with Gasteiger partial charge in [0.25, 0.3) is 0 Å². The number of nitrogens with zero attached hydrogens (tertiary/aromatic N) is 4. The molecule has 30 heavy (non-hydrogen) atoms. The van der Waals surface area contributed by atoms with Crippen LogP contribution in [-0.2, 0) is 22.5 Å². The van der Waals surface area contributed by atoms with E-state index in [-0.39, 0.29) is 11.7 Å². The van der Waals surface area contributed by atoms with E-state index in [1.807, 2.05) is 29.7 Å². The molecule has 0 aliphatic rings. The third-order valence-corrected chi connectivity index (χ3v) is 6.21. The lowest BCUT2D eigenvalue weighted by Gasteiger charge is -2.08. The molecule has 3 heterocycles. The van der Waals surface area contributed by atoms with Crippen LogP contribution in [0.2, 0.25) is 0 Å². The summed E-state index contributed by atoms with van der Waals surface area (Å²) >= 11 is 2.62. The summed E-state index contributed by atoms with van der Waals surface area (Å²) in [4.78, 5) is 29.8. The van der Waals surface area contributed by atoms with Gasteiger partial charge in [-0.25, -0.2) is 4.79 Å². The third-order valence-electron chi connectivity index (χ3n) is 4.04. The molecule has 0 saturated carbocycles. The molecule has 0 saturated heterocycles.